The average molecular weight is 535 g/mol. The van der Waals surface area contributed by atoms with Gasteiger partial charge in [-0.05, 0) is 79.8 Å². The van der Waals surface area contributed by atoms with E-state index in [1.807, 2.05) is 18.2 Å². The molecule has 3 N–H and O–H groups in total. The molecule has 1 aliphatic carbocycles. The number of aromatic amines is 1. The summed E-state index contributed by atoms with van der Waals surface area (Å²) < 4.78 is 5.44. The van der Waals surface area contributed by atoms with Crippen LogP contribution in [0, 0.1) is 13.8 Å². The number of H-pyrrole nitrogens is 1. The Hall–Kier alpha value is -4.46. The minimum Gasteiger partial charge on any atom is -0.496 e. The van der Waals surface area contributed by atoms with Crippen molar-refractivity contribution in [2.75, 3.05) is 25.1 Å². The molecule has 0 spiro atoms. The molecule has 6 rings (SSSR count). The number of benzene rings is 2. The van der Waals surface area contributed by atoms with Gasteiger partial charge in [0.1, 0.15) is 23.7 Å². The van der Waals surface area contributed by atoms with E-state index < -0.39 is 5.91 Å². The number of carbonyl (C=O) groups is 1. The quantitative estimate of drug-likeness (QED) is 0.350. The maximum Gasteiger partial charge on any atom is 0.248 e. The van der Waals surface area contributed by atoms with E-state index in [4.69, 9.17) is 20.4 Å². The molecule has 2 aliphatic rings. The summed E-state index contributed by atoms with van der Waals surface area (Å²) in [5, 5.41) is 0. The van der Waals surface area contributed by atoms with Gasteiger partial charge in [-0.3, -0.25) is 4.79 Å². The monoisotopic (exact) mass is 534 g/mol. The lowest BCUT2D eigenvalue weighted by atomic mass is 9.79. The van der Waals surface area contributed by atoms with Gasteiger partial charge in [-0.1, -0.05) is 19.1 Å². The van der Waals surface area contributed by atoms with Crippen molar-refractivity contribution >= 4 is 23.4 Å². The van der Waals surface area contributed by atoms with E-state index in [9.17, 15) is 4.79 Å². The van der Waals surface area contributed by atoms with Crippen LogP contribution in [0.25, 0.3) is 22.9 Å². The fraction of sp³-hybridized carbons (Fsp3) is 0.312. The molecular formula is C32H34N6O2. The number of ether oxygens (including phenoxy) is 1. The van der Waals surface area contributed by atoms with Crippen molar-refractivity contribution in [3.8, 4) is 17.0 Å². The molecule has 204 valence electrons. The number of aryl methyl sites for hydroxylation is 2. The van der Waals surface area contributed by atoms with Crippen molar-refractivity contribution in [3.63, 3.8) is 0 Å². The first-order valence-corrected chi connectivity index (χ1v) is 13.7. The van der Waals surface area contributed by atoms with Crippen LogP contribution in [0.2, 0.25) is 0 Å². The van der Waals surface area contributed by atoms with Crippen molar-refractivity contribution in [1.29, 1.82) is 0 Å². The summed E-state index contributed by atoms with van der Waals surface area (Å²) in [5.41, 5.74) is 14.5. The topological polar surface area (TPSA) is 110 Å². The molecular weight excluding hydrogens is 500 g/mol. The number of carbonyl (C=O) groups excluding carboxylic acids is 1. The van der Waals surface area contributed by atoms with Crippen molar-refractivity contribution in [2.45, 2.75) is 45.4 Å². The van der Waals surface area contributed by atoms with Crippen LogP contribution in [0.5, 0.6) is 5.75 Å². The predicted octanol–water partition coefficient (Wildman–Crippen LogP) is 5.25. The Kier molecular flexibility index (Phi) is 6.41. The molecule has 8 heteroatoms. The van der Waals surface area contributed by atoms with Crippen LogP contribution in [0.3, 0.4) is 0 Å². The van der Waals surface area contributed by atoms with Crippen LogP contribution in [-0.4, -0.2) is 46.0 Å². The number of amides is 1. The molecule has 0 radical (unpaired) electrons. The van der Waals surface area contributed by atoms with Gasteiger partial charge in [0.2, 0.25) is 5.91 Å². The lowest BCUT2D eigenvalue weighted by Gasteiger charge is -2.39. The summed E-state index contributed by atoms with van der Waals surface area (Å²) in [6.07, 6.45) is 6.53. The highest BCUT2D eigenvalue weighted by molar-refractivity contribution is 5.95. The number of methoxy groups -OCH3 is 1. The van der Waals surface area contributed by atoms with Crippen LogP contribution in [-0.2, 0) is 11.8 Å². The highest BCUT2D eigenvalue weighted by atomic mass is 16.5. The van der Waals surface area contributed by atoms with Crippen molar-refractivity contribution in [1.82, 2.24) is 19.9 Å². The van der Waals surface area contributed by atoms with Gasteiger partial charge < -0.3 is 20.4 Å². The normalized spacial score (nSPS) is 16.0. The van der Waals surface area contributed by atoms with E-state index in [2.05, 4.69) is 53.8 Å². The zero-order valence-corrected chi connectivity index (χ0v) is 23.4. The Morgan fingerprint density at radius 1 is 1.05 bits per heavy atom. The van der Waals surface area contributed by atoms with Gasteiger partial charge in [0.15, 0.2) is 0 Å². The summed E-state index contributed by atoms with van der Waals surface area (Å²) in [5.74, 6) is 2.50. The minimum atomic E-state index is -0.419. The summed E-state index contributed by atoms with van der Waals surface area (Å²) >= 11 is 0. The Morgan fingerprint density at radius 3 is 2.45 bits per heavy atom. The summed E-state index contributed by atoms with van der Waals surface area (Å²) in [6, 6.07) is 13.7. The third-order valence-corrected chi connectivity index (χ3v) is 8.45. The van der Waals surface area contributed by atoms with Crippen LogP contribution < -0.4 is 15.4 Å². The van der Waals surface area contributed by atoms with Gasteiger partial charge >= 0.3 is 0 Å². The first kappa shape index (κ1) is 25.8. The lowest BCUT2D eigenvalue weighted by Crippen LogP contribution is -2.42. The second kappa shape index (κ2) is 9.93. The Balaban J connectivity index is 1.21. The molecule has 3 heterocycles. The fourth-order valence-electron chi connectivity index (χ4n) is 5.90. The third kappa shape index (κ3) is 4.53. The summed E-state index contributed by atoms with van der Waals surface area (Å²) in [4.78, 5) is 31.9. The molecule has 1 fully saturated rings. The standard InChI is InChI=1S/C32H34N6O2/c1-19-15-23(9-10-27(19)40-4)28-20(2)36-31(37-28)32(3)11-13-38(14-12-32)30-25-16-24(17-26(25)34-18-35-30)21-5-7-22(8-6-21)29(33)39/h5-10,15-16,18H,11-14,17H2,1-4H3,(H2,33,39)(H,36,37). The molecule has 0 bridgehead atoms. The molecule has 8 nitrogen and oxygen atoms in total. The van der Waals surface area contributed by atoms with Crippen molar-refractivity contribution < 1.29 is 9.53 Å². The zero-order chi connectivity index (χ0) is 28.0. The number of aromatic nitrogens is 4. The molecule has 0 atom stereocenters. The van der Waals surface area contributed by atoms with Crippen LogP contribution in [0.4, 0.5) is 5.82 Å². The first-order valence-electron chi connectivity index (χ1n) is 13.7. The predicted molar refractivity (Wildman–Crippen MR) is 157 cm³/mol. The number of anilines is 1. The smallest absolute Gasteiger partial charge is 0.248 e. The van der Waals surface area contributed by atoms with E-state index in [0.717, 1.165) is 89.1 Å². The number of primary amides is 1. The average Bonchev–Trinajstić information content (AvgIpc) is 3.58. The zero-order valence-electron chi connectivity index (χ0n) is 23.4. The van der Waals surface area contributed by atoms with E-state index in [1.54, 1.807) is 25.6 Å². The molecule has 1 amide bonds. The molecule has 2 aromatic carbocycles. The molecule has 0 saturated carbocycles. The van der Waals surface area contributed by atoms with Gasteiger partial charge in [-0.15, -0.1) is 0 Å². The van der Waals surface area contributed by atoms with Crippen LogP contribution in [0.15, 0.2) is 48.8 Å². The number of piperidine rings is 1. The number of nitrogens with one attached hydrogen (secondary N) is 1. The maximum absolute atomic E-state index is 11.5. The number of fused-ring (bicyclic) bond motifs is 1. The number of hydrogen-bond acceptors (Lipinski definition) is 6. The van der Waals surface area contributed by atoms with Crippen LogP contribution in [0.1, 0.15) is 64.0 Å². The maximum atomic E-state index is 11.5. The second-order valence-electron chi connectivity index (χ2n) is 11.1. The highest BCUT2D eigenvalue weighted by Crippen LogP contribution is 2.40. The molecule has 2 aromatic heterocycles. The molecule has 40 heavy (non-hydrogen) atoms. The SMILES string of the molecule is COc1ccc(-c2nc(C3(C)CCN(c4ncnc5c4C=C(c4ccc(C(N)=O)cc4)C5)CC3)[nH]c2C)cc1C. The van der Waals surface area contributed by atoms with E-state index in [1.165, 1.54) is 5.57 Å². The molecule has 1 saturated heterocycles. The van der Waals surface area contributed by atoms with E-state index >= 15 is 0 Å². The summed E-state index contributed by atoms with van der Waals surface area (Å²) in [6.45, 7) is 8.23. The van der Waals surface area contributed by atoms with Gasteiger partial charge in [-0.25, -0.2) is 15.0 Å². The largest absolute Gasteiger partial charge is 0.496 e. The minimum absolute atomic E-state index is 0.0552. The number of rotatable bonds is 6. The molecule has 4 aromatic rings. The number of nitrogens with two attached hydrogens (primary N) is 1. The number of nitrogens with zero attached hydrogens (tertiary/aromatic N) is 4. The molecule has 0 unspecified atom stereocenters. The molecule has 1 aliphatic heterocycles. The Labute approximate surface area is 234 Å². The van der Waals surface area contributed by atoms with Crippen molar-refractivity contribution in [2.24, 2.45) is 5.73 Å². The third-order valence-electron chi connectivity index (χ3n) is 8.45. The van der Waals surface area contributed by atoms with E-state index in [-0.39, 0.29) is 5.41 Å². The van der Waals surface area contributed by atoms with Gasteiger partial charge in [0.25, 0.3) is 0 Å². The van der Waals surface area contributed by atoms with Gasteiger partial charge in [0, 0.05) is 47.3 Å². The van der Waals surface area contributed by atoms with Gasteiger partial charge in [0.05, 0.1) is 18.5 Å². The fourth-order valence-corrected chi connectivity index (χ4v) is 5.90. The summed E-state index contributed by atoms with van der Waals surface area (Å²) in [7, 11) is 1.70. The second-order valence-corrected chi connectivity index (χ2v) is 11.1. The lowest BCUT2D eigenvalue weighted by molar-refractivity contribution is 0.100. The first-order chi connectivity index (χ1) is 19.3. The van der Waals surface area contributed by atoms with Crippen molar-refractivity contribution in [3.05, 3.63) is 88.3 Å². The Bertz CT molecular complexity index is 1630. The van der Waals surface area contributed by atoms with E-state index in [0.29, 0.717) is 5.56 Å². The number of hydrogen-bond donors (Lipinski definition) is 2. The highest BCUT2D eigenvalue weighted by Gasteiger charge is 2.36. The van der Waals surface area contributed by atoms with Gasteiger partial charge in [-0.2, -0.15) is 0 Å². The van der Waals surface area contributed by atoms with Crippen LogP contribution >= 0.6 is 0 Å². The number of imidazole rings is 1. The Morgan fingerprint density at radius 2 is 1.77 bits per heavy atom. The number of allylic oxidation sites excluding steroid dienone is 1.